The van der Waals surface area contributed by atoms with E-state index in [1.54, 1.807) is 32.0 Å². The van der Waals surface area contributed by atoms with Crippen LogP contribution >= 0.6 is 0 Å². The second kappa shape index (κ2) is 20.2. The number of likely N-dealkylation sites (tertiary alicyclic amines) is 1. The Hall–Kier alpha value is -3.12. The number of carboxylic acid groups (broad SMARTS) is 1. The maximum atomic E-state index is 11.3. The molecule has 0 spiro atoms. The summed E-state index contributed by atoms with van der Waals surface area (Å²) >= 11 is 0. The molecule has 0 bridgehead atoms. The fourth-order valence-corrected chi connectivity index (χ4v) is 5.38. The molecule has 1 saturated heterocycles. The first-order valence-electron chi connectivity index (χ1n) is 15.0. The summed E-state index contributed by atoms with van der Waals surface area (Å²) in [6, 6.07) is 29.8. The molecule has 5 rings (SSSR count). The van der Waals surface area contributed by atoms with Crippen molar-refractivity contribution in [1.82, 2.24) is 4.90 Å². The van der Waals surface area contributed by atoms with E-state index < -0.39 is 16.9 Å². The number of ether oxygens (including phenoxy) is 1. The van der Waals surface area contributed by atoms with Gasteiger partial charge < -0.3 is 20.1 Å². The number of methoxy groups -OCH3 is 1. The molecule has 1 unspecified atom stereocenters. The maximum Gasteiger partial charge on any atom is 1.00 e. The van der Waals surface area contributed by atoms with Crippen molar-refractivity contribution in [3.8, 4) is 0 Å². The van der Waals surface area contributed by atoms with Crippen LogP contribution in [0, 0.1) is 16.0 Å². The minimum atomic E-state index is -1.05. The molecule has 46 heavy (non-hydrogen) atoms. The zero-order valence-electron chi connectivity index (χ0n) is 27.4. The number of para-hydroxylation sites is 1. The van der Waals surface area contributed by atoms with Gasteiger partial charge in [0.15, 0.2) is 0 Å². The molecular weight excluding hydrogens is 610 g/mol. The predicted molar refractivity (Wildman–Crippen MR) is 176 cm³/mol. The summed E-state index contributed by atoms with van der Waals surface area (Å²) in [6.45, 7) is 9.40. The van der Waals surface area contributed by atoms with Crippen molar-refractivity contribution in [2.45, 2.75) is 46.0 Å². The molecule has 3 aromatic rings. The van der Waals surface area contributed by atoms with Gasteiger partial charge in [-0.25, -0.2) is 9.59 Å². The van der Waals surface area contributed by atoms with Crippen LogP contribution < -0.4 is 51.4 Å². The fourth-order valence-electron chi connectivity index (χ4n) is 5.38. The van der Waals surface area contributed by atoms with E-state index >= 15 is 0 Å². The smallest absolute Gasteiger partial charge is 0.664 e. The Morgan fingerprint density at radius 2 is 1.43 bits per heavy atom. The van der Waals surface area contributed by atoms with Gasteiger partial charge in [0, 0.05) is 42.2 Å². The molecule has 2 aliphatic heterocycles. The number of non-ortho nitro benzene ring substituents is 1. The van der Waals surface area contributed by atoms with E-state index in [1.807, 2.05) is 0 Å². The van der Waals surface area contributed by atoms with Crippen molar-refractivity contribution < 1.29 is 75.7 Å². The Balaban J connectivity index is 0.000000258. The van der Waals surface area contributed by atoms with Crippen LogP contribution in [0.5, 0.6) is 0 Å². The Kier molecular flexibility index (Phi) is 17.1. The molecule has 238 valence electrons. The van der Waals surface area contributed by atoms with E-state index in [0.717, 1.165) is 5.92 Å². The Morgan fingerprint density at radius 1 is 0.935 bits per heavy atom. The number of carbonyl (C=O) groups excluding carboxylic acids is 1. The second-order valence-corrected chi connectivity index (χ2v) is 11.2. The van der Waals surface area contributed by atoms with Crippen molar-refractivity contribution in [3.05, 3.63) is 140 Å². The van der Waals surface area contributed by atoms with Gasteiger partial charge in [0.1, 0.15) is 0 Å². The average molecular weight is 652 g/mol. The topological polar surface area (TPSA) is 124 Å². The van der Waals surface area contributed by atoms with Gasteiger partial charge in [-0.15, -0.1) is 0 Å². The van der Waals surface area contributed by atoms with Crippen LogP contribution in [0.4, 0.5) is 5.69 Å². The number of benzene rings is 3. The van der Waals surface area contributed by atoms with E-state index in [-0.39, 0.29) is 69.1 Å². The minimum Gasteiger partial charge on any atom is -0.664 e. The van der Waals surface area contributed by atoms with Crippen LogP contribution in [0.1, 0.15) is 57.1 Å². The predicted octanol–water partition coefficient (Wildman–Crippen LogP) is 4.72. The van der Waals surface area contributed by atoms with Crippen molar-refractivity contribution in [1.29, 1.82) is 0 Å². The summed E-state index contributed by atoms with van der Waals surface area (Å²) in [5.74, 6) is -0.187. The van der Waals surface area contributed by atoms with Gasteiger partial charge in [-0.05, 0) is 43.0 Å². The van der Waals surface area contributed by atoms with Crippen molar-refractivity contribution in [2.24, 2.45) is 5.92 Å². The van der Waals surface area contributed by atoms with E-state index in [9.17, 15) is 19.7 Å². The zero-order chi connectivity index (χ0) is 32.8. The number of esters is 1. The fraction of sp³-hybridized carbons (Fsp3) is 0.333. The molecule has 0 aromatic heterocycles. The first-order valence-corrected chi connectivity index (χ1v) is 15.0. The average Bonchev–Trinajstić information content (AvgIpc) is 3.47. The van der Waals surface area contributed by atoms with Gasteiger partial charge in [-0.2, -0.15) is 11.4 Å². The number of nitrogens with zero attached hydrogens (tertiary/aromatic N) is 3. The third kappa shape index (κ3) is 12.2. The largest absolute Gasteiger partial charge is 1.00 e. The first kappa shape index (κ1) is 39.1. The van der Waals surface area contributed by atoms with Crippen LogP contribution in [-0.4, -0.2) is 53.6 Å². The molecule has 10 heteroatoms. The van der Waals surface area contributed by atoms with E-state index in [4.69, 9.17) is 5.11 Å². The van der Waals surface area contributed by atoms with Crippen molar-refractivity contribution in [2.75, 3.05) is 26.7 Å². The summed E-state index contributed by atoms with van der Waals surface area (Å²) in [7, 11) is 1.26. The SMILES string of the molecule is CC1CCN(CCC(c2ccccc2)c2ccccc2)C1.COC(=O)C1=C(C)[N-]C(C)=C(C(=O)O)C1.O=[N+]([O-])c1ccccc1.[K+]. The number of carboxylic acids is 1. The summed E-state index contributed by atoms with van der Waals surface area (Å²) in [6.07, 6.45) is 2.64. The molecule has 1 atom stereocenters. The monoisotopic (exact) mass is 651 g/mol. The second-order valence-electron chi connectivity index (χ2n) is 11.2. The van der Waals surface area contributed by atoms with Crippen molar-refractivity contribution >= 4 is 17.6 Å². The molecule has 1 N–H and O–H groups in total. The minimum absolute atomic E-state index is 0. The Morgan fingerprint density at radius 3 is 1.85 bits per heavy atom. The van der Waals surface area contributed by atoms with Gasteiger partial charge in [-0.3, -0.25) is 10.1 Å². The van der Waals surface area contributed by atoms with Gasteiger partial charge in [0.2, 0.25) is 0 Å². The summed E-state index contributed by atoms with van der Waals surface area (Å²) in [5, 5.41) is 22.9. The van der Waals surface area contributed by atoms with Crippen LogP contribution in [-0.2, 0) is 14.3 Å². The molecule has 1 fully saturated rings. The standard InChI is InChI=1S/C20H25N.C10H13NO4.C6H5NO2.K/c1-17-12-14-21(16-17)15-13-20(18-8-4-2-5-9-18)19-10-6-3-7-11-19;1-5-7(9(12)13)4-8(6(2)11-5)10(14)15-3;8-7(9)6-4-2-1-3-5-6;/h2-11,17,20H,12-16H2,1H3;4H2,1-3H3,(H2,11,12,13,14);1-5H;/q;;;+1/p-1. The maximum absolute atomic E-state index is 11.3. The number of nitro benzene ring substituents is 1. The number of nitro groups is 1. The summed E-state index contributed by atoms with van der Waals surface area (Å²) in [5.41, 5.74) is 4.42. The van der Waals surface area contributed by atoms with Gasteiger partial charge in [0.05, 0.1) is 12.0 Å². The third-order valence-electron chi connectivity index (χ3n) is 7.87. The van der Waals surface area contributed by atoms with Crippen LogP contribution in [0.15, 0.2) is 114 Å². The van der Waals surface area contributed by atoms with Gasteiger partial charge in [0.25, 0.3) is 5.69 Å². The molecular formula is C36H42KN3O6. The first-order chi connectivity index (χ1) is 21.6. The number of rotatable bonds is 8. The summed E-state index contributed by atoms with van der Waals surface area (Å²) in [4.78, 5) is 34.4. The molecule has 9 nitrogen and oxygen atoms in total. The van der Waals surface area contributed by atoms with Gasteiger partial charge >= 0.3 is 63.3 Å². The van der Waals surface area contributed by atoms with Crippen molar-refractivity contribution in [3.63, 3.8) is 0 Å². The van der Waals surface area contributed by atoms with Gasteiger partial charge in [-0.1, -0.05) is 99.6 Å². The van der Waals surface area contributed by atoms with E-state index in [0.29, 0.717) is 22.9 Å². The van der Waals surface area contributed by atoms with Crippen LogP contribution in [0.3, 0.4) is 0 Å². The molecule has 3 aromatic carbocycles. The molecule has 0 saturated carbocycles. The number of aliphatic carboxylic acids is 1. The zero-order valence-corrected chi connectivity index (χ0v) is 30.5. The molecule has 2 heterocycles. The molecule has 2 aliphatic rings. The normalized spacial score (nSPS) is 15.8. The number of hydrogen-bond donors (Lipinski definition) is 1. The number of hydrogen-bond acceptors (Lipinski definition) is 6. The van der Waals surface area contributed by atoms with Crippen LogP contribution in [0.2, 0.25) is 0 Å². The van der Waals surface area contributed by atoms with E-state index in [1.165, 1.54) is 62.8 Å². The summed E-state index contributed by atoms with van der Waals surface area (Å²) < 4.78 is 4.55. The molecule has 0 aliphatic carbocycles. The Labute approximate surface area is 314 Å². The van der Waals surface area contributed by atoms with Crippen LogP contribution in [0.25, 0.3) is 5.32 Å². The quantitative estimate of drug-likeness (QED) is 0.162. The Bertz CT molecular complexity index is 1440. The third-order valence-corrected chi connectivity index (χ3v) is 7.87. The molecule has 0 radical (unpaired) electrons. The molecule has 0 amide bonds. The number of allylic oxidation sites excluding steroid dienone is 2. The van der Waals surface area contributed by atoms with E-state index in [2.05, 4.69) is 82.5 Å². The number of carbonyl (C=O) groups is 2.